The minimum Gasteiger partial charge on any atom is -0.492 e. The van der Waals surface area contributed by atoms with Gasteiger partial charge in [0.15, 0.2) is 0 Å². The molecule has 1 N–H and O–H groups in total. The van der Waals surface area contributed by atoms with Crippen molar-refractivity contribution < 1.29 is 4.74 Å². The third-order valence-corrected chi connectivity index (χ3v) is 3.10. The van der Waals surface area contributed by atoms with Crippen LogP contribution in [0.2, 0.25) is 0 Å². The predicted molar refractivity (Wildman–Crippen MR) is 79.6 cm³/mol. The zero-order chi connectivity index (χ0) is 13.5. The zero-order valence-electron chi connectivity index (χ0n) is 11.6. The van der Waals surface area contributed by atoms with Crippen LogP contribution in [-0.4, -0.2) is 13.2 Å². The van der Waals surface area contributed by atoms with Crippen LogP contribution in [0.5, 0.6) is 5.75 Å². The first-order chi connectivity index (χ1) is 9.25. The molecule has 0 aliphatic rings. The highest BCUT2D eigenvalue weighted by atomic mass is 16.5. The van der Waals surface area contributed by atoms with Crippen LogP contribution in [0.1, 0.15) is 16.7 Å². The number of rotatable bonds is 6. The van der Waals surface area contributed by atoms with E-state index < -0.39 is 0 Å². The molecule has 2 aromatic rings. The van der Waals surface area contributed by atoms with E-state index in [0.29, 0.717) is 6.61 Å². The predicted octanol–water partition coefficient (Wildman–Crippen LogP) is 3.47. The summed E-state index contributed by atoms with van der Waals surface area (Å²) in [5.41, 5.74) is 4.01. The lowest BCUT2D eigenvalue weighted by Crippen LogP contribution is -2.21. The molecule has 2 heteroatoms. The monoisotopic (exact) mass is 255 g/mol. The standard InChI is InChI=1S/C17H21NO/c1-14-8-9-16(15(2)12-14)13-18-10-11-19-17-6-4-3-5-7-17/h3-9,12,18H,10-11,13H2,1-2H3. The molecule has 2 rings (SSSR count). The number of para-hydroxylation sites is 1. The van der Waals surface area contributed by atoms with Gasteiger partial charge in [0.05, 0.1) is 0 Å². The molecule has 19 heavy (non-hydrogen) atoms. The lowest BCUT2D eigenvalue weighted by Gasteiger charge is -2.09. The fraction of sp³-hybridized carbons (Fsp3) is 0.294. The SMILES string of the molecule is Cc1ccc(CNCCOc2ccccc2)c(C)c1. The second-order valence-corrected chi connectivity index (χ2v) is 4.77. The molecule has 0 fully saturated rings. The lowest BCUT2D eigenvalue weighted by molar-refractivity contribution is 0.313. The van der Waals surface area contributed by atoms with Crippen molar-refractivity contribution in [3.05, 3.63) is 65.2 Å². The summed E-state index contributed by atoms with van der Waals surface area (Å²) in [6, 6.07) is 16.5. The Hall–Kier alpha value is -1.80. The van der Waals surface area contributed by atoms with Crippen molar-refractivity contribution in [3.63, 3.8) is 0 Å². The molecule has 0 spiro atoms. The van der Waals surface area contributed by atoms with E-state index in [1.165, 1.54) is 16.7 Å². The number of benzene rings is 2. The van der Waals surface area contributed by atoms with Gasteiger partial charge in [-0.15, -0.1) is 0 Å². The lowest BCUT2D eigenvalue weighted by atomic mass is 10.1. The Bertz CT molecular complexity index is 508. The summed E-state index contributed by atoms with van der Waals surface area (Å²) in [6.45, 7) is 6.71. The first-order valence-corrected chi connectivity index (χ1v) is 6.70. The number of aryl methyl sites for hydroxylation is 2. The largest absolute Gasteiger partial charge is 0.492 e. The second-order valence-electron chi connectivity index (χ2n) is 4.77. The summed E-state index contributed by atoms with van der Waals surface area (Å²) in [4.78, 5) is 0. The normalized spacial score (nSPS) is 10.4. The molecule has 100 valence electrons. The quantitative estimate of drug-likeness (QED) is 0.798. The van der Waals surface area contributed by atoms with Crippen molar-refractivity contribution in [1.82, 2.24) is 5.32 Å². The molecule has 0 heterocycles. The van der Waals surface area contributed by atoms with Crippen molar-refractivity contribution in [1.29, 1.82) is 0 Å². The van der Waals surface area contributed by atoms with Crippen molar-refractivity contribution >= 4 is 0 Å². The number of hydrogen-bond acceptors (Lipinski definition) is 2. The summed E-state index contributed by atoms with van der Waals surface area (Å²) >= 11 is 0. The fourth-order valence-corrected chi connectivity index (χ4v) is 2.02. The van der Waals surface area contributed by atoms with Crippen LogP contribution in [0.4, 0.5) is 0 Å². The minimum absolute atomic E-state index is 0.689. The zero-order valence-corrected chi connectivity index (χ0v) is 11.6. The molecule has 0 amide bonds. The van der Waals surface area contributed by atoms with Crippen LogP contribution in [0.3, 0.4) is 0 Å². The summed E-state index contributed by atoms with van der Waals surface area (Å²) in [6.07, 6.45) is 0. The molecule has 0 aromatic heterocycles. The van der Waals surface area contributed by atoms with Gasteiger partial charge >= 0.3 is 0 Å². The Balaban J connectivity index is 1.69. The van der Waals surface area contributed by atoms with Crippen molar-refractivity contribution in [2.45, 2.75) is 20.4 Å². The highest BCUT2D eigenvalue weighted by Crippen LogP contribution is 2.10. The van der Waals surface area contributed by atoms with Gasteiger partial charge in [-0.1, -0.05) is 42.0 Å². The van der Waals surface area contributed by atoms with Crippen molar-refractivity contribution in [3.8, 4) is 5.75 Å². The number of hydrogen-bond donors (Lipinski definition) is 1. The van der Waals surface area contributed by atoms with Crippen LogP contribution in [0.25, 0.3) is 0 Å². The average molecular weight is 255 g/mol. The summed E-state index contributed by atoms with van der Waals surface area (Å²) < 4.78 is 5.63. The van der Waals surface area contributed by atoms with Crippen LogP contribution in [0.15, 0.2) is 48.5 Å². The van der Waals surface area contributed by atoms with Gasteiger partial charge in [0.2, 0.25) is 0 Å². The van der Waals surface area contributed by atoms with Gasteiger partial charge in [0.1, 0.15) is 12.4 Å². The maximum atomic E-state index is 5.63. The Labute approximate surface area is 115 Å². The Morgan fingerprint density at radius 1 is 1.00 bits per heavy atom. The van der Waals surface area contributed by atoms with E-state index in [1.54, 1.807) is 0 Å². The maximum Gasteiger partial charge on any atom is 0.119 e. The van der Waals surface area contributed by atoms with E-state index >= 15 is 0 Å². The molecule has 0 aliphatic heterocycles. The van der Waals surface area contributed by atoms with Gasteiger partial charge in [0, 0.05) is 13.1 Å². The first kappa shape index (κ1) is 13.6. The summed E-state index contributed by atoms with van der Waals surface area (Å²) in [7, 11) is 0. The van der Waals surface area contributed by atoms with E-state index in [0.717, 1.165) is 18.8 Å². The molecule has 0 bridgehead atoms. The number of nitrogens with one attached hydrogen (secondary N) is 1. The maximum absolute atomic E-state index is 5.63. The van der Waals surface area contributed by atoms with Gasteiger partial charge in [-0.05, 0) is 37.1 Å². The van der Waals surface area contributed by atoms with Gasteiger partial charge < -0.3 is 10.1 Å². The van der Waals surface area contributed by atoms with Crippen LogP contribution in [-0.2, 0) is 6.54 Å². The molecule has 2 nitrogen and oxygen atoms in total. The van der Waals surface area contributed by atoms with Gasteiger partial charge in [0.25, 0.3) is 0 Å². The smallest absolute Gasteiger partial charge is 0.119 e. The fourth-order valence-electron chi connectivity index (χ4n) is 2.02. The minimum atomic E-state index is 0.689. The first-order valence-electron chi connectivity index (χ1n) is 6.70. The molecular weight excluding hydrogens is 234 g/mol. The second kappa shape index (κ2) is 6.95. The van der Waals surface area contributed by atoms with Gasteiger partial charge in [-0.3, -0.25) is 0 Å². The molecule has 0 atom stereocenters. The van der Waals surface area contributed by atoms with Gasteiger partial charge in [-0.2, -0.15) is 0 Å². The van der Waals surface area contributed by atoms with Crippen LogP contribution < -0.4 is 10.1 Å². The highest BCUT2D eigenvalue weighted by Gasteiger charge is 1.98. The molecule has 0 aliphatic carbocycles. The van der Waals surface area contributed by atoms with Crippen LogP contribution in [0, 0.1) is 13.8 Å². The molecule has 0 saturated heterocycles. The molecule has 0 saturated carbocycles. The van der Waals surface area contributed by atoms with E-state index in [9.17, 15) is 0 Å². The van der Waals surface area contributed by atoms with E-state index in [-0.39, 0.29) is 0 Å². The Morgan fingerprint density at radius 2 is 1.79 bits per heavy atom. The Morgan fingerprint density at radius 3 is 2.53 bits per heavy atom. The summed E-state index contributed by atoms with van der Waals surface area (Å²) in [5.74, 6) is 0.927. The molecule has 0 unspecified atom stereocenters. The van der Waals surface area contributed by atoms with E-state index in [1.807, 2.05) is 30.3 Å². The highest BCUT2D eigenvalue weighted by molar-refractivity contribution is 5.30. The van der Waals surface area contributed by atoms with Crippen molar-refractivity contribution in [2.75, 3.05) is 13.2 Å². The van der Waals surface area contributed by atoms with Crippen molar-refractivity contribution in [2.24, 2.45) is 0 Å². The molecule has 0 radical (unpaired) electrons. The summed E-state index contributed by atoms with van der Waals surface area (Å²) in [5, 5.41) is 3.41. The van der Waals surface area contributed by atoms with Crippen LogP contribution >= 0.6 is 0 Å². The van der Waals surface area contributed by atoms with E-state index in [4.69, 9.17) is 4.74 Å². The van der Waals surface area contributed by atoms with Gasteiger partial charge in [-0.25, -0.2) is 0 Å². The number of ether oxygens (including phenoxy) is 1. The topological polar surface area (TPSA) is 21.3 Å². The Kier molecular flexibility index (Phi) is 4.99. The molecule has 2 aromatic carbocycles. The third-order valence-electron chi connectivity index (χ3n) is 3.10. The van der Waals surface area contributed by atoms with E-state index in [2.05, 4.69) is 37.4 Å². The average Bonchev–Trinajstić information content (AvgIpc) is 2.42. The third kappa shape index (κ3) is 4.42. The molecular formula is C17H21NO.